The molecular formula is C28H46ClN3S. The Labute approximate surface area is 213 Å². The van der Waals surface area contributed by atoms with Crippen molar-refractivity contribution in [1.29, 1.82) is 0 Å². The molecule has 0 amide bonds. The third kappa shape index (κ3) is 17.3. The smallest absolute Gasteiger partial charge is 0.124 e. The lowest BCUT2D eigenvalue weighted by atomic mass is 10.2. The first-order valence-corrected chi connectivity index (χ1v) is 13.4. The minimum atomic E-state index is 0.572. The number of thioether (sulfide) groups is 1. The molecule has 0 unspecified atom stereocenters. The zero-order chi connectivity index (χ0) is 25.6. The van der Waals surface area contributed by atoms with E-state index in [1.165, 1.54) is 29.9 Å². The maximum absolute atomic E-state index is 5.82. The van der Waals surface area contributed by atoms with E-state index in [0.29, 0.717) is 5.82 Å². The van der Waals surface area contributed by atoms with Crippen molar-refractivity contribution in [3.8, 4) is 0 Å². The second kappa shape index (κ2) is 21.9. The van der Waals surface area contributed by atoms with Crippen LogP contribution in [-0.4, -0.2) is 11.6 Å². The van der Waals surface area contributed by atoms with E-state index in [0.717, 1.165) is 27.7 Å². The number of unbranched alkanes of at least 4 members (excludes halogenated alkanes) is 2. The number of nitrogens with zero attached hydrogens (tertiary/aromatic N) is 1. The molecule has 3 nitrogen and oxygen atoms in total. The number of hydrogen-bond acceptors (Lipinski definition) is 3. The van der Waals surface area contributed by atoms with Gasteiger partial charge in [0, 0.05) is 15.6 Å². The maximum atomic E-state index is 5.82. The molecule has 0 saturated heterocycles. The molecule has 0 spiro atoms. The topological polar surface area (TPSA) is 50.4 Å². The van der Waals surface area contributed by atoms with Crippen LogP contribution in [-0.2, 0) is 0 Å². The lowest BCUT2D eigenvalue weighted by Gasteiger charge is -2.08. The lowest BCUT2D eigenvalue weighted by Crippen LogP contribution is -2.10. The second-order valence-corrected chi connectivity index (χ2v) is 8.61. The van der Waals surface area contributed by atoms with Crippen LogP contribution in [0.3, 0.4) is 0 Å². The molecule has 0 bridgehead atoms. The van der Waals surface area contributed by atoms with Crippen LogP contribution in [0.5, 0.6) is 0 Å². The number of allylic oxidation sites excluding steroid dienone is 1. The molecule has 0 heterocycles. The molecule has 0 aliphatic carbocycles. The molecule has 2 aromatic rings. The highest BCUT2D eigenvalue weighted by molar-refractivity contribution is 7.99. The van der Waals surface area contributed by atoms with Crippen molar-refractivity contribution in [3.63, 3.8) is 0 Å². The van der Waals surface area contributed by atoms with Crippen molar-refractivity contribution in [2.24, 2.45) is 10.7 Å². The molecule has 0 radical (unpaired) electrons. The van der Waals surface area contributed by atoms with E-state index in [1.54, 1.807) is 0 Å². The quantitative estimate of drug-likeness (QED) is 0.175. The largest absolute Gasteiger partial charge is 0.384 e. The van der Waals surface area contributed by atoms with Gasteiger partial charge in [0.15, 0.2) is 0 Å². The second-order valence-electron chi connectivity index (χ2n) is 7.04. The Bertz CT molecular complexity index is 774. The Kier molecular flexibility index (Phi) is 22.1. The van der Waals surface area contributed by atoms with Gasteiger partial charge in [0.05, 0.1) is 0 Å². The van der Waals surface area contributed by atoms with Gasteiger partial charge in [-0.25, -0.2) is 4.99 Å². The maximum Gasteiger partial charge on any atom is 0.124 e. The summed E-state index contributed by atoms with van der Waals surface area (Å²) in [7, 11) is 0. The van der Waals surface area contributed by atoms with Crippen molar-refractivity contribution in [1.82, 2.24) is 0 Å². The minimum absolute atomic E-state index is 0.572. The molecule has 2 rings (SSSR count). The summed E-state index contributed by atoms with van der Waals surface area (Å²) in [4.78, 5) is 5.64. The summed E-state index contributed by atoms with van der Waals surface area (Å²) in [5.41, 5.74) is 9.02. The van der Waals surface area contributed by atoms with E-state index in [-0.39, 0.29) is 0 Å². The first-order valence-electron chi connectivity index (χ1n) is 12.0. The first-order chi connectivity index (χ1) is 15.8. The van der Waals surface area contributed by atoms with Crippen LogP contribution in [0, 0.1) is 6.92 Å². The van der Waals surface area contributed by atoms with E-state index < -0.39 is 0 Å². The predicted octanol–water partition coefficient (Wildman–Crippen LogP) is 9.71. The highest BCUT2D eigenvalue weighted by Crippen LogP contribution is 2.21. The molecule has 0 atom stereocenters. The molecule has 0 aromatic heterocycles. The molecule has 0 aliphatic rings. The van der Waals surface area contributed by atoms with Gasteiger partial charge < -0.3 is 11.1 Å². The summed E-state index contributed by atoms with van der Waals surface area (Å²) in [6.07, 6.45) is 3.87. The van der Waals surface area contributed by atoms with Gasteiger partial charge in [-0.15, -0.1) is 11.8 Å². The minimum Gasteiger partial charge on any atom is -0.384 e. The number of anilines is 1. The number of aliphatic imine (C=N–C) groups is 1. The number of benzene rings is 2. The number of nitrogens with two attached hydrogens (primary N) is 1. The molecule has 5 heteroatoms. The molecular weight excluding hydrogens is 446 g/mol. The summed E-state index contributed by atoms with van der Waals surface area (Å²) in [5.74, 6) is 2.57. The monoisotopic (exact) mass is 491 g/mol. The Balaban J connectivity index is 0. The standard InChI is InChI=1S/C17H27N3S.C7H7Cl.2C2H6/c1-5-6-7-12-21-16-10-8-15(9-11-16)19-14(4)20-17(18)13(2)3;1-6-4-2-3-5-7(6)8;2*1-2/h8-11H,5-7,12,18H2,1-4H3,(H,19,20);2-5H,1H3;2*1-2H3. The molecule has 2 aromatic carbocycles. The molecule has 0 aliphatic heterocycles. The van der Waals surface area contributed by atoms with Gasteiger partial charge in [-0.05, 0) is 81.3 Å². The Hall–Kier alpha value is -1.91. The van der Waals surface area contributed by atoms with Crippen LogP contribution >= 0.6 is 23.4 Å². The predicted molar refractivity (Wildman–Crippen MR) is 155 cm³/mol. The summed E-state index contributed by atoms with van der Waals surface area (Å²) >= 11 is 7.63. The highest BCUT2D eigenvalue weighted by atomic mass is 35.5. The number of aryl methyl sites for hydroxylation is 1. The van der Waals surface area contributed by atoms with Crippen LogP contribution in [0.25, 0.3) is 0 Å². The van der Waals surface area contributed by atoms with E-state index in [9.17, 15) is 0 Å². The van der Waals surface area contributed by atoms with Crippen LogP contribution < -0.4 is 11.1 Å². The van der Waals surface area contributed by atoms with Crippen LogP contribution in [0.2, 0.25) is 5.02 Å². The van der Waals surface area contributed by atoms with Gasteiger partial charge in [-0.1, -0.05) is 77.3 Å². The SMILES string of the molecule is CC.CC.CCCCCSc1ccc(N/C(C)=N/C(N)=C(C)C)cc1.Cc1ccccc1Cl. The molecule has 33 heavy (non-hydrogen) atoms. The number of nitrogens with one attached hydrogen (secondary N) is 1. The number of hydrogen-bond donors (Lipinski definition) is 2. The lowest BCUT2D eigenvalue weighted by molar-refractivity contribution is 0.778. The number of rotatable bonds is 7. The molecule has 186 valence electrons. The fraction of sp³-hybridized carbons (Fsp3) is 0.464. The third-order valence-electron chi connectivity index (χ3n) is 4.07. The van der Waals surface area contributed by atoms with Crippen molar-refractivity contribution in [2.75, 3.05) is 11.1 Å². The molecule has 0 fully saturated rings. The Morgan fingerprint density at radius 3 is 1.97 bits per heavy atom. The average Bonchev–Trinajstić information content (AvgIpc) is 2.82. The summed E-state index contributed by atoms with van der Waals surface area (Å²) < 4.78 is 0. The van der Waals surface area contributed by atoms with Crippen molar-refractivity contribution >= 4 is 34.9 Å². The third-order valence-corrected chi connectivity index (χ3v) is 5.60. The summed E-state index contributed by atoms with van der Waals surface area (Å²) in [6, 6.07) is 16.2. The van der Waals surface area contributed by atoms with E-state index in [1.807, 2.05) is 91.4 Å². The van der Waals surface area contributed by atoms with Gasteiger partial charge >= 0.3 is 0 Å². The van der Waals surface area contributed by atoms with Crippen LogP contribution in [0.15, 0.2) is 69.8 Å². The van der Waals surface area contributed by atoms with Crippen molar-refractivity contribution < 1.29 is 0 Å². The highest BCUT2D eigenvalue weighted by Gasteiger charge is 1.98. The zero-order valence-corrected chi connectivity index (χ0v) is 23.8. The van der Waals surface area contributed by atoms with Gasteiger partial charge in [0.2, 0.25) is 0 Å². The van der Waals surface area contributed by atoms with Gasteiger partial charge in [0.25, 0.3) is 0 Å². The van der Waals surface area contributed by atoms with Crippen molar-refractivity contribution in [3.05, 3.63) is 70.5 Å². The van der Waals surface area contributed by atoms with Crippen molar-refractivity contribution in [2.45, 2.75) is 86.5 Å². The van der Waals surface area contributed by atoms with Gasteiger partial charge in [-0.3, -0.25) is 0 Å². The van der Waals surface area contributed by atoms with Gasteiger partial charge in [-0.2, -0.15) is 0 Å². The average molecular weight is 492 g/mol. The zero-order valence-electron chi connectivity index (χ0n) is 22.3. The molecule has 0 saturated carbocycles. The normalized spacial score (nSPS) is 9.82. The van der Waals surface area contributed by atoms with Crippen LogP contribution in [0.1, 0.15) is 80.2 Å². The number of amidine groups is 1. The number of halogens is 1. The fourth-order valence-electron chi connectivity index (χ4n) is 2.26. The van der Waals surface area contributed by atoms with E-state index in [4.69, 9.17) is 17.3 Å². The Morgan fingerprint density at radius 2 is 1.52 bits per heavy atom. The summed E-state index contributed by atoms with van der Waals surface area (Å²) in [5, 5.41) is 4.10. The van der Waals surface area contributed by atoms with Gasteiger partial charge in [0.1, 0.15) is 11.7 Å². The van der Waals surface area contributed by atoms with Crippen LogP contribution in [0.4, 0.5) is 5.69 Å². The molecule has 3 N–H and O–H groups in total. The summed E-state index contributed by atoms with van der Waals surface area (Å²) in [6.45, 7) is 18.1. The fourth-order valence-corrected chi connectivity index (χ4v) is 3.31. The first kappa shape index (κ1) is 33.3. The Morgan fingerprint density at radius 1 is 0.939 bits per heavy atom. The van der Waals surface area contributed by atoms with E-state index in [2.05, 4.69) is 41.5 Å². The van der Waals surface area contributed by atoms with E-state index >= 15 is 0 Å².